The van der Waals surface area contributed by atoms with Gasteiger partial charge in [0.15, 0.2) is 23.0 Å². The van der Waals surface area contributed by atoms with Crippen LogP contribution in [0.25, 0.3) is 6.08 Å². The quantitative estimate of drug-likeness (QED) is 0.163. The third kappa shape index (κ3) is 5.92. The summed E-state index contributed by atoms with van der Waals surface area (Å²) in [6.45, 7) is -0.804. The van der Waals surface area contributed by atoms with Crippen molar-refractivity contribution in [2.24, 2.45) is 0 Å². The number of benzene rings is 2. The molecule has 1 aliphatic heterocycles. The van der Waals surface area contributed by atoms with Crippen LogP contribution in [0.4, 0.5) is 0 Å². The Morgan fingerprint density at radius 3 is 2.36 bits per heavy atom. The van der Waals surface area contributed by atoms with Gasteiger partial charge < -0.3 is 50.0 Å². The Bertz CT molecular complexity index is 1000. The fraction of sp³-hybridized carbons (Fsp3) is 0.318. The number of carbonyl (C=O) groups excluding carboxylic acids is 1. The highest BCUT2D eigenvalue weighted by Crippen LogP contribution is 2.31. The van der Waals surface area contributed by atoms with Crippen LogP contribution in [0.2, 0.25) is 0 Å². The van der Waals surface area contributed by atoms with Crippen molar-refractivity contribution in [3.05, 3.63) is 53.6 Å². The summed E-state index contributed by atoms with van der Waals surface area (Å²) in [6, 6.07) is 8.10. The minimum Gasteiger partial charge on any atom is -0.504 e. The molecular weight excluding hydrogens is 440 g/mol. The zero-order valence-electron chi connectivity index (χ0n) is 17.2. The van der Waals surface area contributed by atoms with Crippen LogP contribution < -0.4 is 4.74 Å². The molecule has 0 aliphatic carbocycles. The molecule has 11 heteroatoms. The van der Waals surface area contributed by atoms with E-state index in [-0.39, 0.29) is 29.6 Å². The number of phenols is 3. The van der Waals surface area contributed by atoms with Gasteiger partial charge in [-0.1, -0.05) is 12.1 Å². The van der Waals surface area contributed by atoms with Crippen molar-refractivity contribution >= 4 is 12.0 Å². The second-order valence-corrected chi connectivity index (χ2v) is 7.31. The first-order chi connectivity index (χ1) is 15.7. The maximum atomic E-state index is 11.9. The number of phenolic OH excluding ortho intramolecular Hbond substituents is 3. The van der Waals surface area contributed by atoms with Crippen molar-refractivity contribution in [2.75, 3.05) is 6.61 Å². The third-order valence-electron chi connectivity index (χ3n) is 4.91. The van der Waals surface area contributed by atoms with Gasteiger partial charge in [0.05, 0.1) is 6.61 Å². The highest BCUT2D eigenvalue weighted by atomic mass is 16.7. The molecule has 7 N–H and O–H groups in total. The molecule has 2 aromatic carbocycles. The lowest BCUT2D eigenvalue weighted by Crippen LogP contribution is -2.60. The molecule has 178 valence electrons. The average Bonchev–Trinajstić information content (AvgIpc) is 2.80. The topological polar surface area (TPSA) is 186 Å². The lowest BCUT2D eigenvalue weighted by atomic mass is 9.99. The predicted molar refractivity (Wildman–Crippen MR) is 111 cm³/mol. The van der Waals surface area contributed by atoms with Gasteiger partial charge >= 0.3 is 5.97 Å². The molecule has 0 saturated carbocycles. The van der Waals surface area contributed by atoms with E-state index in [1.165, 1.54) is 42.5 Å². The minimum atomic E-state index is -1.63. The SMILES string of the molecule is O=C(/C=C/c1ccc(O)c(O)c1)OCc1ccc(OC2OC(CO)C(O)C(O)C2O)c(O)c1. The predicted octanol–water partition coefficient (Wildman–Crippen LogP) is -0.261. The molecule has 2 aromatic rings. The summed E-state index contributed by atoms with van der Waals surface area (Å²) in [7, 11) is 0. The molecule has 11 nitrogen and oxygen atoms in total. The van der Waals surface area contributed by atoms with Crippen LogP contribution in [0.3, 0.4) is 0 Å². The Kier molecular flexibility index (Phi) is 7.74. The van der Waals surface area contributed by atoms with Crippen molar-refractivity contribution in [3.8, 4) is 23.0 Å². The highest BCUT2D eigenvalue weighted by molar-refractivity contribution is 5.87. The van der Waals surface area contributed by atoms with Crippen LogP contribution in [0.5, 0.6) is 23.0 Å². The molecule has 0 amide bonds. The Balaban J connectivity index is 1.57. The molecule has 33 heavy (non-hydrogen) atoms. The van der Waals surface area contributed by atoms with Crippen molar-refractivity contribution in [3.63, 3.8) is 0 Å². The van der Waals surface area contributed by atoms with Gasteiger partial charge in [0, 0.05) is 6.08 Å². The van der Waals surface area contributed by atoms with E-state index < -0.39 is 43.3 Å². The van der Waals surface area contributed by atoms with E-state index in [1.54, 1.807) is 0 Å². The van der Waals surface area contributed by atoms with Crippen LogP contribution >= 0.6 is 0 Å². The number of ether oxygens (including phenoxy) is 3. The Hall–Kier alpha value is -3.35. The highest BCUT2D eigenvalue weighted by Gasteiger charge is 2.44. The standard InChI is InChI=1S/C22H24O11/c23-9-17-19(28)20(29)21(30)22(33-17)32-16-5-2-12(8-15(16)26)10-31-18(27)6-3-11-1-4-13(24)14(25)7-11/h1-8,17,19-26,28-30H,9-10H2/b6-3+. The molecule has 0 spiro atoms. The number of hydrogen-bond donors (Lipinski definition) is 7. The van der Waals surface area contributed by atoms with E-state index >= 15 is 0 Å². The number of rotatable bonds is 7. The average molecular weight is 464 g/mol. The zero-order valence-corrected chi connectivity index (χ0v) is 17.2. The summed E-state index contributed by atoms with van der Waals surface area (Å²) >= 11 is 0. The molecule has 1 saturated heterocycles. The molecule has 5 unspecified atom stereocenters. The maximum absolute atomic E-state index is 11.9. The van der Waals surface area contributed by atoms with Crippen LogP contribution in [0.1, 0.15) is 11.1 Å². The number of hydrogen-bond acceptors (Lipinski definition) is 11. The van der Waals surface area contributed by atoms with E-state index in [9.17, 15) is 40.5 Å². The van der Waals surface area contributed by atoms with Crippen molar-refractivity contribution in [1.82, 2.24) is 0 Å². The first-order valence-corrected chi connectivity index (χ1v) is 9.85. The smallest absolute Gasteiger partial charge is 0.331 e. The maximum Gasteiger partial charge on any atom is 0.331 e. The van der Waals surface area contributed by atoms with Crippen molar-refractivity contribution in [1.29, 1.82) is 0 Å². The number of carbonyl (C=O) groups is 1. The first kappa shape index (κ1) is 24.3. The Morgan fingerprint density at radius 2 is 1.70 bits per heavy atom. The summed E-state index contributed by atoms with van der Waals surface area (Å²) in [4.78, 5) is 11.9. The molecule has 0 aromatic heterocycles. The van der Waals surface area contributed by atoms with Gasteiger partial charge in [0.2, 0.25) is 6.29 Å². The number of aromatic hydroxyl groups is 3. The molecule has 1 fully saturated rings. The summed E-state index contributed by atoms with van der Waals surface area (Å²) in [5.74, 6) is -1.78. The lowest BCUT2D eigenvalue weighted by molar-refractivity contribution is -0.277. The minimum absolute atomic E-state index is 0.110. The second-order valence-electron chi connectivity index (χ2n) is 7.31. The molecule has 1 heterocycles. The number of aliphatic hydroxyl groups is 4. The van der Waals surface area contributed by atoms with E-state index in [1.807, 2.05) is 0 Å². The van der Waals surface area contributed by atoms with Gasteiger partial charge in [-0.15, -0.1) is 0 Å². The van der Waals surface area contributed by atoms with Crippen molar-refractivity contribution < 1.29 is 54.8 Å². The van der Waals surface area contributed by atoms with E-state index in [0.29, 0.717) is 11.1 Å². The monoisotopic (exact) mass is 464 g/mol. The van der Waals surface area contributed by atoms with Crippen LogP contribution in [0, 0.1) is 0 Å². The number of aliphatic hydroxyl groups excluding tert-OH is 4. The number of esters is 1. The summed E-state index contributed by atoms with van der Waals surface area (Å²) in [5, 5.41) is 67.8. The van der Waals surface area contributed by atoms with Crippen LogP contribution in [0.15, 0.2) is 42.5 Å². The third-order valence-corrected chi connectivity index (χ3v) is 4.91. The summed E-state index contributed by atoms with van der Waals surface area (Å²) in [5.41, 5.74) is 0.882. The van der Waals surface area contributed by atoms with Gasteiger partial charge in [0.25, 0.3) is 0 Å². The molecule has 3 rings (SSSR count). The van der Waals surface area contributed by atoms with E-state index in [2.05, 4.69) is 0 Å². The largest absolute Gasteiger partial charge is 0.504 e. The fourth-order valence-electron chi connectivity index (χ4n) is 3.05. The Labute approximate surface area is 188 Å². The molecule has 0 bridgehead atoms. The fourth-order valence-corrected chi connectivity index (χ4v) is 3.05. The first-order valence-electron chi connectivity index (χ1n) is 9.85. The Morgan fingerprint density at radius 1 is 0.939 bits per heavy atom. The zero-order chi connectivity index (χ0) is 24.1. The molecule has 5 atom stereocenters. The van der Waals surface area contributed by atoms with Crippen molar-refractivity contribution in [2.45, 2.75) is 37.3 Å². The lowest BCUT2D eigenvalue weighted by Gasteiger charge is -2.39. The van der Waals surface area contributed by atoms with E-state index in [4.69, 9.17) is 14.2 Å². The van der Waals surface area contributed by atoms with Gasteiger partial charge in [0.1, 0.15) is 31.0 Å². The van der Waals surface area contributed by atoms with Crippen LogP contribution in [-0.4, -0.2) is 79.0 Å². The van der Waals surface area contributed by atoms with Gasteiger partial charge in [-0.25, -0.2) is 4.79 Å². The summed E-state index contributed by atoms with van der Waals surface area (Å²) < 4.78 is 15.7. The molecule has 0 radical (unpaired) electrons. The van der Waals surface area contributed by atoms with Gasteiger partial charge in [-0.3, -0.25) is 0 Å². The molecular formula is C22H24O11. The van der Waals surface area contributed by atoms with Gasteiger partial charge in [-0.2, -0.15) is 0 Å². The van der Waals surface area contributed by atoms with Crippen LogP contribution in [-0.2, 0) is 20.9 Å². The van der Waals surface area contributed by atoms with Gasteiger partial charge in [-0.05, 0) is 41.5 Å². The second kappa shape index (κ2) is 10.5. The molecule has 1 aliphatic rings. The van der Waals surface area contributed by atoms with E-state index in [0.717, 1.165) is 6.08 Å². The summed E-state index contributed by atoms with van der Waals surface area (Å²) in [6.07, 6.45) is -4.90. The normalized spacial score (nSPS) is 25.2.